The fourth-order valence-corrected chi connectivity index (χ4v) is 2.68. The van der Waals surface area contributed by atoms with E-state index in [4.69, 9.17) is 25.8 Å². The molecule has 0 aliphatic heterocycles. The second-order valence-electron chi connectivity index (χ2n) is 4.38. The molecule has 0 saturated heterocycles. The third kappa shape index (κ3) is 1.76. The summed E-state index contributed by atoms with van der Waals surface area (Å²) < 4.78 is 16.1. The summed E-state index contributed by atoms with van der Waals surface area (Å²) in [7, 11) is 4.86. The van der Waals surface area contributed by atoms with Crippen molar-refractivity contribution in [1.82, 2.24) is 4.98 Å². The molecular weight excluding hydrogens is 278 g/mol. The van der Waals surface area contributed by atoms with E-state index in [1.54, 1.807) is 21.3 Å². The predicted octanol–water partition coefficient (Wildman–Crippen LogP) is 4.00. The Bertz CT molecular complexity index is 795. The highest BCUT2D eigenvalue weighted by Crippen LogP contribution is 2.40. The van der Waals surface area contributed by atoms with Gasteiger partial charge in [-0.3, -0.25) is 0 Å². The number of rotatable bonds is 3. The number of hydrogen-bond acceptors (Lipinski definition) is 3. The molecule has 104 valence electrons. The maximum Gasteiger partial charge on any atom is 0.161 e. The number of aromatic amines is 1. The second-order valence-corrected chi connectivity index (χ2v) is 4.79. The molecule has 1 heterocycles. The van der Waals surface area contributed by atoms with E-state index in [1.165, 1.54) is 0 Å². The van der Waals surface area contributed by atoms with E-state index in [-0.39, 0.29) is 0 Å². The first-order chi connectivity index (χ1) is 9.69. The van der Waals surface area contributed by atoms with Crippen LogP contribution in [0.5, 0.6) is 17.2 Å². The molecule has 5 heteroatoms. The van der Waals surface area contributed by atoms with Crippen molar-refractivity contribution in [2.75, 3.05) is 21.3 Å². The first-order valence-electron chi connectivity index (χ1n) is 6.09. The molecule has 0 unspecified atom stereocenters. The highest BCUT2D eigenvalue weighted by molar-refractivity contribution is 6.33. The molecule has 1 aromatic heterocycles. The topological polar surface area (TPSA) is 43.5 Å². The Morgan fingerprint density at radius 2 is 1.70 bits per heavy atom. The lowest BCUT2D eigenvalue weighted by molar-refractivity contribution is 0.397. The molecule has 0 saturated carbocycles. The zero-order valence-corrected chi connectivity index (χ0v) is 12.2. The minimum Gasteiger partial charge on any atom is -0.497 e. The standard InChI is InChI=1S/C15H14ClNO3/c1-18-8-6-10-9-4-5-11(16)15(20-3)14(9)17-13(10)12(7-8)19-2/h4-7,17H,1-3H3. The van der Waals surface area contributed by atoms with E-state index in [0.717, 1.165) is 27.6 Å². The van der Waals surface area contributed by atoms with E-state index >= 15 is 0 Å². The summed E-state index contributed by atoms with van der Waals surface area (Å²) in [4.78, 5) is 3.32. The lowest BCUT2D eigenvalue weighted by Gasteiger charge is -2.05. The summed E-state index contributed by atoms with van der Waals surface area (Å²) in [6.07, 6.45) is 0. The molecular formula is C15H14ClNO3. The zero-order chi connectivity index (χ0) is 14.3. The summed E-state index contributed by atoms with van der Waals surface area (Å²) >= 11 is 6.16. The van der Waals surface area contributed by atoms with Crippen LogP contribution < -0.4 is 14.2 Å². The first kappa shape index (κ1) is 12.9. The molecule has 0 radical (unpaired) electrons. The molecule has 0 amide bonds. The molecule has 0 atom stereocenters. The molecule has 0 bridgehead atoms. The van der Waals surface area contributed by atoms with Crippen molar-refractivity contribution < 1.29 is 14.2 Å². The van der Waals surface area contributed by atoms with Gasteiger partial charge >= 0.3 is 0 Å². The van der Waals surface area contributed by atoms with Gasteiger partial charge in [0.1, 0.15) is 11.5 Å². The Balaban J connectivity index is 2.47. The third-order valence-corrected chi connectivity index (χ3v) is 3.68. The van der Waals surface area contributed by atoms with Gasteiger partial charge in [0.05, 0.1) is 37.4 Å². The molecule has 3 rings (SSSR count). The Kier molecular flexibility index (Phi) is 3.10. The van der Waals surface area contributed by atoms with Crippen molar-refractivity contribution in [3.63, 3.8) is 0 Å². The van der Waals surface area contributed by atoms with Crippen molar-refractivity contribution in [2.24, 2.45) is 0 Å². The normalized spacial score (nSPS) is 11.0. The summed E-state index contributed by atoms with van der Waals surface area (Å²) in [5.41, 5.74) is 1.74. The van der Waals surface area contributed by atoms with Crippen LogP contribution in [0.25, 0.3) is 21.8 Å². The van der Waals surface area contributed by atoms with Gasteiger partial charge in [-0.15, -0.1) is 0 Å². The maximum absolute atomic E-state index is 6.16. The minimum absolute atomic E-state index is 0.567. The fourth-order valence-electron chi connectivity index (χ4n) is 2.44. The lowest BCUT2D eigenvalue weighted by Crippen LogP contribution is -1.88. The number of hydrogen-bond donors (Lipinski definition) is 1. The smallest absolute Gasteiger partial charge is 0.161 e. The lowest BCUT2D eigenvalue weighted by atomic mass is 10.1. The Morgan fingerprint density at radius 1 is 0.900 bits per heavy atom. The highest BCUT2D eigenvalue weighted by atomic mass is 35.5. The molecule has 0 fully saturated rings. The van der Waals surface area contributed by atoms with Gasteiger partial charge in [0.2, 0.25) is 0 Å². The van der Waals surface area contributed by atoms with E-state index in [0.29, 0.717) is 16.5 Å². The monoisotopic (exact) mass is 291 g/mol. The van der Waals surface area contributed by atoms with Gasteiger partial charge in [0.15, 0.2) is 5.75 Å². The van der Waals surface area contributed by atoms with Crippen LogP contribution in [0.15, 0.2) is 24.3 Å². The Labute approximate surface area is 121 Å². The average molecular weight is 292 g/mol. The van der Waals surface area contributed by atoms with Crippen LogP contribution in [0, 0.1) is 0 Å². The highest BCUT2D eigenvalue weighted by Gasteiger charge is 2.15. The van der Waals surface area contributed by atoms with Crippen LogP contribution in [0.1, 0.15) is 0 Å². The summed E-state index contributed by atoms with van der Waals surface area (Å²) in [6.45, 7) is 0. The zero-order valence-electron chi connectivity index (χ0n) is 11.4. The number of ether oxygens (including phenoxy) is 3. The molecule has 4 nitrogen and oxygen atoms in total. The number of H-pyrrole nitrogens is 1. The molecule has 0 aliphatic carbocycles. The van der Waals surface area contributed by atoms with Gasteiger partial charge in [-0.05, 0) is 12.1 Å². The second kappa shape index (κ2) is 4.80. The molecule has 3 aromatic rings. The number of nitrogens with one attached hydrogen (secondary N) is 1. The van der Waals surface area contributed by atoms with Crippen molar-refractivity contribution in [1.29, 1.82) is 0 Å². The van der Waals surface area contributed by atoms with Crippen molar-refractivity contribution in [2.45, 2.75) is 0 Å². The van der Waals surface area contributed by atoms with E-state index < -0.39 is 0 Å². The number of methoxy groups -OCH3 is 3. The quantitative estimate of drug-likeness (QED) is 0.793. The third-order valence-electron chi connectivity index (χ3n) is 3.39. The van der Waals surface area contributed by atoms with Crippen LogP contribution in [-0.2, 0) is 0 Å². The SMILES string of the molecule is COc1cc(OC)c2[nH]c3c(OC)c(Cl)ccc3c2c1. The van der Waals surface area contributed by atoms with Gasteiger partial charge in [-0.25, -0.2) is 0 Å². The summed E-state index contributed by atoms with van der Waals surface area (Å²) in [6, 6.07) is 7.58. The largest absolute Gasteiger partial charge is 0.497 e. The van der Waals surface area contributed by atoms with Gasteiger partial charge in [-0.1, -0.05) is 17.7 Å². The van der Waals surface area contributed by atoms with Crippen molar-refractivity contribution >= 4 is 33.4 Å². The van der Waals surface area contributed by atoms with Crippen LogP contribution >= 0.6 is 11.6 Å². The summed E-state index contributed by atoms with van der Waals surface area (Å²) in [5, 5.41) is 2.59. The van der Waals surface area contributed by atoms with Crippen LogP contribution in [0.2, 0.25) is 5.02 Å². The van der Waals surface area contributed by atoms with E-state index in [1.807, 2.05) is 24.3 Å². The molecule has 20 heavy (non-hydrogen) atoms. The molecule has 1 N–H and O–H groups in total. The number of halogens is 1. The fraction of sp³-hybridized carbons (Fsp3) is 0.200. The van der Waals surface area contributed by atoms with Gasteiger partial charge in [0, 0.05) is 16.8 Å². The van der Waals surface area contributed by atoms with Crippen LogP contribution in [-0.4, -0.2) is 26.3 Å². The van der Waals surface area contributed by atoms with Crippen LogP contribution in [0.4, 0.5) is 0 Å². The molecule has 2 aromatic carbocycles. The average Bonchev–Trinajstić information content (AvgIpc) is 2.84. The Hall–Kier alpha value is -2.07. The van der Waals surface area contributed by atoms with Gasteiger partial charge in [0.25, 0.3) is 0 Å². The molecule has 0 spiro atoms. The first-order valence-corrected chi connectivity index (χ1v) is 6.47. The predicted molar refractivity (Wildman–Crippen MR) is 80.5 cm³/mol. The number of aromatic nitrogens is 1. The van der Waals surface area contributed by atoms with E-state index in [9.17, 15) is 0 Å². The summed E-state index contributed by atoms with van der Waals surface area (Å²) in [5.74, 6) is 2.08. The number of fused-ring (bicyclic) bond motifs is 3. The molecule has 0 aliphatic rings. The van der Waals surface area contributed by atoms with Crippen LogP contribution in [0.3, 0.4) is 0 Å². The van der Waals surface area contributed by atoms with Gasteiger partial charge < -0.3 is 19.2 Å². The Morgan fingerprint density at radius 3 is 2.35 bits per heavy atom. The van der Waals surface area contributed by atoms with Gasteiger partial charge in [-0.2, -0.15) is 0 Å². The van der Waals surface area contributed by atoms with Crippen molar-refractivity contribution in [3.05, 3.63) is 29.3 Å². The minimum atomic E-state index is 0.567. The number of benzene rings is 2. The maximum atomic E-state index is 6.16. The van der Waals surface area contributed by atoms with E-state index in [2.05, 4.69) is 4.98 Å². The van der Waals surface area contributed by atoms with Crippen molar-refractivity contribution in [3.8, 4) is 17.2 Å².